The van der Waals surface area contributed by atoms with Gasteiger partial charge in [0.25, 0.3) is 5.91 Å². The van der Waals surface area contributed by atoms with E-state index in [1.165, 1.54) is 12.3 Å². The topological polar surface area (TPSA) is 77.6 Å². The zero-order chi connectivity index (χ0) is 22.3. The molecule has 1 amide bonds. The summed E-state index contributed by atoms with van der Waals surface area (Å²) in [4.78, 5) is 18.8. The van der Waals surface area contributed by atoms with Gasteiger partial charge in [0.15, 0.2) is 0 Å². The molecule has 0 aromatic carbocycles. The number of pyridine rings is 2. The summed E-state index contributed by atoms with van der Waals surface area (Å²) >= 11 is 0. The highest BCUT2D eigenvalue weighted by atomic mass is 19.4. The van der Waals surface area contributed by atoms with E-state index in [-0.39, 0.29) is 17.1 Å². The Bertz CT molecular complexity index is 1290. The molecule has 0 saturated carbocycles. The van der Waals surface area contributed by atoms with Crippen LogP contribution in [-0.4, -0.2) is 67.7 Å². The molecule has 1 aliphatic rings. The van der Waals surface area contributed by atoms with Crippen LogP contribution in [-0.2, 0) is 11.3 Å². The monoisotopic (exact) mass is 444 g/mol. The van der Waals surface area contributed by atoms with Crippen LogP contribution < -0.4 is 0 Å². The molecule has 0 radical (unpaired) electrons. The number of halogens is 3. The molecule has 0 N–H and O–H groups in total. The Morgan fingerprint density at radius 3 is 2.84 bits per heavy atom. The van der Waals surface area contributed by atoms with E-state index in [2.05, 4.69) is 15.2 Å². The molecular formula is C21H19F3N6O2. The van der Waals surface area contributed by atoms with E-state index in [0.29, 0.717) is 54.9 Å². The van der Waals surface area contributed by atoms with Crippen LogP contribution in [0.3, 0.4) is 0 Å². The van der Waals surface area contributed by atoms with E-state index in [0.717, 1.165) is 4.68 Å². The largest absolute Gasteiger partial charge is 0.408 e. The highest BCUT2D eigenvalue weighted by molar-refractivity contribution is 6.00. The molecule has 0 unspecified atom stereocenters. The van der Waals surface area contributed by atoms with Gasteiger partial charge in [-0.15, -0.1) is 0 Å². The summed E-state index contributed by atoms with van der Waals surface area (Å²) in [6.45, 7) is 0.621. The molecule has 5 heterocycles. The first-order chi connectivity index (χ1) is 15.4. The maximum atomic E-state index is 13.3. The van der Waals surface area contributed by atoms with E-state index in [1.54, 1.807) is 27.9 Å². The van der Waals surface area contributed by atoms with Gasteiger partial charge in [0.1, 0.15) is 17.9 Å². The third kappa shape index (κ3) is 3.79. The molecule has 0 spiro atoms. The molecular weight excluding hydrogens is 425 g/mol. The van der Waals surface area contributed by atoms with E-state index in [1.807, 2.05) is 12.1 Å². The fourth-order valence-corrected chi connectivity index (χ4v) is 3.90. The molecule has 166 valence electrons. The number of fused-ring (bicyclic) bond motifs is 2. The summed E-state index contributed by atoms with van der Waals surface area (Å²) in [6, 6.07) is 6.81. The normalized spacial score (nSPS) is 15.4. The molecule has 11 heteroatoms. The molecule has 1 saturated heterocycles. The molecule has 5 rings (SSSR count). The number of carbonyl (C=O) groups is 1. The molecule has 0 bridgehead atoms. The fourth-order valence-electron chi connectivity index (χ4n) is 3.90. The summed E-state index contributed by atoms with van der Waals surface area (Å²) in [6.07, 6.45) is 0.934. The van der Waals surface area contributed by atoms with Crippen molar-refractivity contribution in [2.75, 3.05) is 26.3 Å². The number of carbonyl (C=O) groups excluding carboxylic acids is 1. The average molecular weight is 444 g/mol. The van der Waals surface area contributed by atoms with Crippen molar-refractivity contribution in [3.8, 4) is 11.3 Å². The summed E-state index contributed by atoms with van der Waals surface area (Å²) in [5.74, 6) is -0.338. The van der Waals surface area contributed by atoms with Crippen LogP contribution in [0.4, 0.5) is 13.2 Å². The van der Waals surface area contributed by atoms with Crippen LogP contribution >= 0.6 is 0 Å². The van der Waals surface area contributed by atoms with Crippen LogP contribution in [0.15, 0.2) is 42.9 Å². The summed E-state index contributed by atoms with van der Waals surface area (Å²) in [5, 5.41) is 8.93. The Hall–Kier alpha value is -3.47. The molecule has 1 aliphatic heterocycles. The highest BCUT2D eigenvalue weighted by Crippen LogP contribution is 2.32. The van der Waals surface area contributed by atoms with Gasteiger partial charge in [0.2, 0.25) is 0 Å². The second-order valence-corrected chi connectivity index (χ2v) is 7.55. The van der Waals surface area contributed by atoms with Gasteiger partial charge in [0.05, 0.1) is 23.8 Å². The Kier molecular flexibility index (Phi) is 5.04. The molecule has 1 fully saturated rings. The zero-order valence-corrected chi connectivity index (χ0v) is 16.9. The van der Waals surface area contributed by atoms with Gasteiger partial charge in [-0.25, -0.2) is 4.52 Å². The van der Waals surface area contributed by atoms with Crippen molar-refractivity contribution < 1.29 is 22.7 Å². The van der Waals surface area contributed by atoms with Gasteiger partial charge in [-0.1, -0.05) is 6.07 Å². The van der Waals surface area contributed by atoms with Crippen LogP contribution in [0, 0.1) is 0 Å². The van der Waals surface area contributed by atoms with Crippen molar-refractivity contribution in [3.63, 3.8) is 0 Å². The SMILES string of the molecule is O=C(c1cc2c(cn1)c(-c1cnn3ccccc13)nn2CC(F)(F)F)N1CCCOCC1. The van der Waals surface area contributed by atoms with Crippen molar-refractivity contribution in [2.24, 2.45) is 0 Å². The third-order valence-corrected chi connectivity index (χ3v) is 5.38. The Morgan fingerprint density at radius 1 is 1.12 bits per heavy atom. The first kappa shape index (κ1) is 20.4. The Labute approximate surface area is 180 Å². The van der Waals surface area contributed by atoms with Gasteiger partial charge in [-0.3, -0.25) is 14.5 Å². The summed E-state index contributed by atoms with van der Waals surface area (Å²) < 4.78 is 47.7. The third-order valence-electron chi connectivity index (χ3n) is 5.38. The number of hydrogen-bond acceptors (Lipinski definition) is 5. The second kappa shape index (κ2) is 7.90. The number of amides is 1. The minimum atomic E-state index is -4.48. The second-order valence-electron chi connectivity index (χ2n) is 7.55. The molecule has 8 nitrogen and oxygen atoms in total. The Morgan fingerprint density at radius 2 is 2.00 bits per heavy atom. The number of rotatable bonds is 3. The predicted octanol–water partition coefficient (Wildman–Crippen LogP) is 3.17. The van der Waals surface area contributed by atoms with Gasteiger partial charge in [-0.2, -0.15) is 23.4 Å². The maximum absolute atomic E-state index is 13.3. The van der Waals surface area contributed by atoms with Crippen molar-refractivity contribution in [3.05, 3.63) is 48.5 Å². The minimum absolute atomic E-state index is 0.0779. The van der Waals surface area contributed by atoms with E-state index >= 15 is 0 Å². The maximum Gasteiger partial charge on any atom is 0.408 e. The number of aromatic nitrogens is 5. The average Bonchev–Trinajstić information content (AvgIpc) is 3.21. The molecule has 0 aliphatic carbocycles. The van der Waals surface area contributed by atoms with Crippen molar-refractivity contribution in [1.82, 2.24) is 29.3 Å². The summed E-state index contributed by atoms with van der Waals surface area (Å²) in [7, 11) is 0. The van der Waals surface area contributed by atoms with E-state index in [4.69, 9.17) is 4.74 Å². The molecule has 4 aromatic heterocycles. The Balaban J connectivity index is 1.62. The first-order valence-corrected chi connectivity index (χ1v) is 10.1. The lowest BCUT2D eigenvalue weighted by atomic mass is 10.1. The number of hydrogen-bond donors (Lipinski definition) is 0. The molecule has 0 atom stereocenters. The lowest BCUT2D eigenvalue weighted by molar-refractivity contribution is -0.141. The van der Waals surface area contributed by atoms with Crippen LogP contribution in [0.5, 0.6) is 0 Å². The number of ether oxygens (including phenoxy) is 1. The summed E-state index contributed by atoms with van der Waals surface area (Å²) in [5.41, 5.74) is 1.89. The fraction of sp³-hybridized carbons (Fsp3) is 0.333. The van der Waals surface area contributed by atoms with Crippen molar-refractivity contribution >= 4 is 22.3 Å². The van der Waals surface area contributed by atoms with Crippen molar-refractivity contribution in [2.45, 2.75) is 19.1 Å². The molecule has 32 heavy (non-hydrogen) atoms. The standard InChI is InChI=1S/C21H19F3N6O2/c22-21(23,24)13-30-18-10-16(20(31)28-5-3-8-32-9-7-28)25-11-14(18)19(27-30)15-12-26-29-6-2-1-4-17(15)29/h1-2,4,6,10-12H,3,5,7-9,13H2. The van der Waals surface area contributed by atoms with Gasteiger partial charge in [0, 0.05) is 43.0 Å². The lowest BCUT2D eigenvalue weighted by Gasteiger charge is -2.19. The van der Waals surface area contributed by atoms with Crippen LogP contribution in [0.25, 0.3) is 27.7 Å². The van der Waals surface area contributed by atoms with Crippen LogP contribution in [0.2, 0.25) is 0 Å². The smallest absolute Gasteiger partial charge is 0.380 e. The van der Waals surface area contributed by atoms with Gasteiger partial charge >= 0.3 is 6.18 Å². The molecule has 4 aromatic rings. The first-order valence-electron chi connectivity index (χ1n) is 10.1. The highest BCUT2D eigenvalue weighted by Gasteiger charge is 2.31. The van der Waals surface area contributed by atoms with Crippen molar-refractivity contribution in [1.29, 1.82) is 0 Å². The van der Waals surface area contributed by atoms with Gasteiger partial charge < -0.3 is 9.64 Å². The number of nitrogens with zero attached hydrogens (tertiary/aromatic N) is 6. The predicted molar refractivity (Wildman–Crippen MR) is 109 cm³/mol. The van der Waals surface area contributed by atoms with E-state index < -0.39 is 12.7 Å². The number of alkyl halides is 3. The van der Waals surface area contributed by atoms with E-state index in [9.17, 15) is 18.0 Å². The quantitative estimate of drug-likeness (QED) is 0.485. The van der Waals surface area contributed by atoms with Gasteiger partial charge in [-0.05, 0) is 24.6 Å². The van der Waals surface area contributed by atoms with Crippen LogP contribution in [0.1, 0.15) is 16.9 Å². The lowest BCUT2D eigenvalue weighted by Crippen LogP contribution is -2.33. The zero-order valence-electron chi connectivity index (χ0n) is 16.9. The minimum Gasteiger partial charge on any atom is -0.380 e.